The average molecular weight is 974 g/mol. The fourth-order valence-corrected chi connectivity index (χ4v) is 9.09. The molecule has 71 heavy (non-hydrogen) atoms. The summed E-state index contributed by atoms with van der Waals surface area (Å²) >= 11 is 0. The minimum Gasteiger partial charge on any atom is -0.458 e. The van der Waals surface area contributed by atoms with Crippen LogP contribution in [0.5, 0.6) is 11.5 Å². The van der Waals surface area contributed by atoms with Crippen molar-refractivity contribution in [2.45, 2.75) is 116 Å². The Balaban J connectivity index is 1.24. The van der Waals surface area contributed by atoms with Gasteiger partial charge in [-0.25, -0.2) is 4.98 Å². The summed E-state index contributed by atoms with van der Waals surface area (Å²) in [6.45, 7) is -42.4. The zero-order valence-corrected chi connectivity index (χ0v) is 36.7. The average Bonchev–Trinajstić information content (AvgIpc) is 0.743. The molecule has 0 N–H and O–H groups in total. The monoisotopic (exact) mass is 973 g/mol. The van der Waals surface area contributed by atoms with Gasteiger partial charge in [0.2, 0.25) is 0 Å². The maximum Gasteiger partial charge on any atom is 0.269 e. The Morgan fingerprint density at radius 2 is 1.17 bits per heavy atom. The van der Waals surface area contributed by atoms with E-state index in [9.17, 15) is 19.2 Å². The largest absolute Gasteiger partial charge is 0.458 e. The predicted molar refractivity (Wildman–Crippen MR) is 293 cm³/mol. The number of rotatable bonds is 7. The first-order valence-corrected chi connectivity index (χ1v) is 21.7. The predicted octanol–water partition coefficient (Wildman–Crippen LogP) is 16.6. The van der Waals surface area contributed by atoms with E-state index in [0.29, 0.717) is 21.8 Å². The summed E-state index contributed by atoms with van der Waals surface area (Å²) < 4.78 is 411. The van der Waals surface area contributed by atoms with E-state index in [1.54, 1.807) is 47.0 Å². The molecular weight excluding hydrogens is 865 g/mol. The van der Waals surface area contributed by atoms with Crippen LogP contribution in [0.25, 0.3) is 72.3 Å². The number of pyridine rings is 1. The number of ether oxygens (including phenoxy) is 1. The zero-order chi connectivity index (χ0) is 86.6. The molecule has 0 saturated heterocycles. The molecule has 0 amide bonds. The van der Waals surface area contributed by atoms with Crippen molar-refractivity contribution in [3.05, 3.63) is 197 Å². The van der Waals surface area contributed by atoms with Gasteiger partial charge in [-0.15, -0.1) is 0 Å². The second kappa shape index (κ2) is 16.1. The molecule has 0 atom stereocenters. The molecule has 0 spiro atoms. The van der Waals surface area contributed by atoms with E-state index in [2.05, 4.69) is 11.3 Å². The highest BCUT2D eigenvalue weighted by Crippen LogP contribution is 2.50. The lowest BCUT2D eigenvalue weighted by Crippen LogP contribution is -2.34. The normalized spacial score (nSPS) is 30.3. The van der Waals surface area contributed by atoms with Crippen LogP contribution in [-0.2, 0) is 21.7 Å². The molecule has 3 heterocycles. The van der Waals surface area contributed by atoms with Gasteiger partial charge in [0.1, 0.15) is 17.3 Å². The zero-order valence-electron chi connectivity index (χ0n) is 80.7. The highest BCUT2D eigenvalue weighted by atomic mass is 16.5. The van der Waals surface area contributed by atoms with E-state index in [4.69, 9.17) is 45.9 Å². The van der Waals surface area contributed by atoms with Crippen LogP contribution in [-0.4, -0.2) is 14.1 Å². The molecule has 354 valence electrons. The number of imidazole rings is 1. The number of hydrogen-bond donors (Lipinski definition) is 0. The van der Waals surface area contributed by atoms with E-state index >= 15 is 0 Å². The molecule has 0 bridgehead atoms. The van der Waals surface area contributed by atoms with Crippen molar-refractivity contribution >= 4 is 32.8 Å². The van der Waals surface area contributed by atoms with Gasteiger partial charge in [0.15, 0.2) is 0 Å². The molecule has 0 fully saturated rings. The summed E-state index contributed by atoms with van der Waals surface area (Å²) in [5.74, 6) is 0.0832. The molecule has 0 aliphatic heterocycles. The van der Waals surface area contributed by atoms with Gasteiger partial charge in [-0.2, -0.15) is 0 Å². The topological polar surface area (TPSA) is 35.9 Å². The summed E-state index contributed by atoms with van der Waals surface area (Å²) in [7, 11) is 0. The Bertz CT molecular complexity index is 5430. The Morgan fingerprint density at radius 3 is 1.83 bits per heavy atom. The van der Waals surface area contributed by atoms with Gasteiger partial charge in [0, 0.05) is 75.1 Å². The second-order valence-electron chi connectivity index (χ2n) is 17.2. The van der Waals surface area contributed by atoms with Crippen LogP contribution < -0.4 is 9.30 Å². The molecular formula is C66H64N4O. The number of nitrogens with zero attached hydrogens (tertiary/aromatic N) is 4. The van der Waals surface area contributed by atoms with Crippen molar-refractivity contribution in [2.24, 2.45) is 0 Å². The van der Waals surface area contributed by atoms with Crippen LogP contribution in [0.4, 0.5) is 0 Å². The van der Waals surface area contributed by atoms with Gasteiger partial charge >= 0.3 is 0 Å². The number of para-hydroxylation sites is 4. The standard InChI is InChI=1S/C66H64N4O/c1-42-35-61(67-40-43(42)2)70-57-22-12-11-19-51(57)52-28-27-48(39-60(52)70)71-47-18-15-17-46(38-47)68-41-69(59-24-14-13-23-58(59)68)62-49(44-25-29-53-55(36-44)65(7,8)33-31-63(53,3)4)20-16-21-50(62)45-26-30-54-56(37-45)66(9,10)34-32-64(54,5)6/h11-30,35-40H,31-34H2,1-10H3/i1D3,2D3,3D3,4D3,5D3,6D3,7D3,8D3,9D3,10D3,25D,26D,29D,30D,31D2,32D2,33D2,34D2,36D,37D. The maximum atomic E-state index is 10.4. The summed E-state index contributed by atoms with van der Waals surface area (Å²) in [5, 5.41) is 1.21. The fourth-order valence-electron chi connectivity index (χ4n) is 9.09. The molecule has 10 aromatic rings. The van der Waals surface area contributed by atoms with Crippen molar-refractivity contribution in [2.75, 3.05) is 0 Å². The van der Waals surface area contributed by atoms with Crippen molar-refractivity contribution in [1.29, 1.82) is 0 Å². The summed E-state index contributed by atoms with van der Waals surface area (Å²) in [4.78, 5) is 4.42. The third-order valence-corrected chi connectivity index (χ3v) is 12.4. The highest BCUT2D eigenvalue weighted by Gasteiger charge is 2.39. The SMILES string of the molecule is [2H]c1c([2H])c2c(c([2H])c1-c1cccc(-c3c([2H])c([2H])c4c(c3[2H])C(C([2H])([2H])[2H])(C([2H])([2H])[2H])C([2H])([2H])C([2H])([2H])C4(C([2H])([2H])[2H])C([2H])([2H])[2H])c1-[n+]1[c-]n(-c3cccc(Oc4ccc5c6ccccc6n(-c6cc(C([2H])([2H])[2H])c(C([2H])([2H])[2H])cn6)c5c4)c3)c3ccccc31)C(C([2H])([2H])[2H])(C([2H])([2H])[2H])C([2H])([2H])C([2H])([2H])C2(C([2H])([2H])[2H])C([2H])([2H])[2H]. The molecule has 3 aromatic heterocycles. The van der Waals surface area contributed by atoms with Crippen molar-refractivity contribution in [3.8, 4) is 50.9 Å². The minimum absolute atomic E-state index is 0.00210. The van der Waals surface area contributed by atoms with Gasteiger partial charge in [0.25, 0.3) is 6.33 Å². The number of fused-ring (bicyclic) bond motifs is 6. The fraction of sp³-hybridized carbons (Fsp3) is 0.273. The Labute approximate surface area is 481 Å². The van der Waals surface area contributed by atoms with E-state index in [0.717, 1.165) is 35.0 Å². The first-order chi connectivity index (χ1) is 52.0. The van der Waals surface area contributed by atoms with Gasteiger partial charge in [-0.1, -0.05) is 158 Å². The summed E-state index contributed by atoms with van der Waals surface area (Å²) in [6.07, 6.45) is -15.4. The molecule has 0 radical (unpaired) electrons. The van der Waals surface area contributed by atoms with Crippen LogP contribution in [0, 0.1) is 20.0 Å². The first kappa shape index (κ1) is 17.8. The third-order valence-electron chi connectivity index (χ3n) is 12.4. The van der Waals surface area contributed by atoms with Gasteiger partial charge in [0.05, 0.1) is 41.7 Å². The molecule has 0 saturated carbocycles. The lowest BCUT2D eigenvalue weighted by atomic mass is 9.62. The van der Waals surface area contributed by atoms with Crippen LogP contribution in [0.1, 0.15) is 174 Å². The number of hydrogen-bond acceptors (Lipinski definition) is 2. The summed E-state index contributed by atoms with van der Waals surface area (Å²) in [5.41, 5.74) is -32.5. The van der Waals surface area contributed by atoms with Gasteiger partial charge < -0.3 is 4.74 Å². The van der Waals surface area contributed by atoms with Crippen molar-refractivity contribution < 1.29 is 69.6 Å². The van der Waals surface area contributed by atoms with E-state index in [1.165, 1.54) is 53.1 Å². The minimum atomic E-state index is -4.88. The molecule has 5 heteroatoms. The Kier molecular flexibility index (Phi) is 4.05. The Hall–Kier alpha value is -7.24. The lowest BCUT2D eigenvalue weighted by Gasteiger charge is -2.42. The van der Waals surface area contributed by atoms with Crippen LogP contribution >= 0.6 is 0 Å². The van der Waals surface area contributed by atoms with E-state index < -0.39 is 213 Å². The number of aryl methyl sites for hydroxylation is 2. The van der Waals surface area contributed by atoms with Crippen molar-refractivity contribution in [3.63, 3.8) is 0 Å². The van der Waals surface area contributed by atoms with Crippen LogP contribution in [0.3, 0.4) is 0 Å². The maximum absolute atomic E-state index is 10.4. The Morgan fingerprint density at radius 1 is 0.577 bits per heavy atom. The van der Waals surface area contributed by atoms with Gasteiger partial charge in [-0.3, -0.25) is 13.7 Å². The van der Waals surface area contributed by atoms with E-state index in [-0.39, 0.29) is 34.0 Å². The number of benzene rings is 7. The molecule has 2 aliphatic carbocycles. The molecule has 5 nitrogen and oxygen atoms in total. The summed E-state index contributed by atoms with van der Waals surface area (Å²) in [6, 6.07) is 16.0. The van der Waals surface area contributed by atoms with Crippen molar-refractivity contribution in [1.82, 2.24) is 14.1 Å². The van der Waals surface area contributed by atoms with Crippen LogP contribution in [0.2, 0.25) is 0 Å². The quantitative estimate of drug-likeness (QED) is 0.118. The molecule has 7 aromatic carbocycles. The van der Waals surface area contributed by atoms with Gasteiger partial charge in [-0.05, 0) is 159 Å². The number of aromatic nitrogens is 4. The molecule has 0 unspecified atom stereocenters. The smallest absolute Gasteiger partial charge is 0.269 e. The van der Waals surface area contributed by atoms with E-state index in [1.807, 2.05) is 0 Å². The molecule has 12 rings (SSSR count). The van der Waals surface area contributed by atoms with Crippen LogP contribution in [0.15, 0.2) is 158 Å². The lowest BCUT2D eigenvalue weighted by molar-refractivity contribution is -0.571. The second-order valence-corrected chi connectivity index (χ2v) is 17.2. The third kappa shape index (κ3) is 7.42. The molecule has 2 aliphatic rings. The highest BCUT2D eigenvalue weighted by molar-refractivity contribution is 6.09. The first-order valence-electron chi connectivity index (χ1n) is 43.7.